The Labute approximate surface area is 181 Å². The summed E-state index contributed by atoms with van der Waals surface area (Å²) < 4.78 is 2.05. The molecule has 31 heavy (non-hydrogen) atoms. The average Bonchev–Trinajstić information content (AvgIpc) is 3.45. The molecule has 4 aromatic rings. The van der Waals surface area contributed by atoms with Gasteiger partial charge in [0.1, 0.15) is 5.65 Å². The molecule has 0 bridgehead atoms. The molecule has 0 aliphatic heterocycles. The topological polar surface area (TPSA) is 78.3 Å². The van der Waals surface area contributed by atoms with Gasteiger partial charge in [0, 0.05) is 43.8 Å². The van der Waals surface area contributed by atoms with E-state index in [-0.39, 0.29) is 11.9 Å². The Balaban J connectivity index is 1.25. The normalized spacial score (nSPS) is 19.1. The molecular weight excluding hydrogens is 388 g/mol. The van der Waals surface area contributed by atoms with Gasteiger partial charge in [0.2, 0.25) is 0 Å². The zero-order chi connectivity index (χ0) is 21.2. The zero-order valence-corrected chi connectivity index (χ0v) is 17.8. The summed E-state index contributed by atoms with van der Waals surface area (Å²) in [5.41, 5.74) is 3.93. The molecule has 0 spiro atoms. The largest absolute Gasteiger partial charge is 0.334 e. The van der Waals surface area contributed by atoms with Gasteiger partial charge < -0.3 is 19.6 Å². The Morgan fingerprint density at radius 2 is 2.16 bits per heavy atom. The van der Waals surface area contributed by atoms with Gasteiger partial charge in [-0.2, -0.15) is 0 Å². The van der Waals surface area contributed by atoms with E-state index in [1.165, 1.54) is 5.56 Å². The number of nitrogens with zero attached hydrogens (tertiary/aromatic N) is 4. The van der Waals surface area contributed by atoms with Crippen molar-refractivity contribution in [2.45, 2.75) is 51.2 Å². The van der Waals surface area contributed by atoms with Crippen molar-refractivity contribution in [3.8, 4) is 0 Å². The summed E-state index contributed by atoms with van der Waals surface area (Å²) in [4.78, 5) is 27.2. The standard InChI is InChI=1S/C24H28N6O/c1-2-30(24(31)23-27-20-8-3-4-9-21(20)28-23)19-7-5-6-18(14-19)26-15-17-10-11-22-25-12-13-29(22)16-17/h3-4,8-13,16,18-19,26H,2,5-7,14-15H2,1H3,(H,27,28)/t18-,19+/m1/s1. The number of para-hydroxylation sites is 2. The van der Waals surface area contributed by atoms with Crippen molar-refractivity contribution in [1.29, 1.82) is 0 Å². The van der Waals surface area contributed by atoms with E-state index >= 15 is 0 Å². The van der Waals surface area contributed by atoms with Crippen LogP contribution in [0.15, 0.2) is 55.0 Å². The summed E-state index contributed by atoms with van der Waals surface area (Å²) in [6.45, 7) is 3.55. The number of carbonyl (C=O) groups excluding carboxylic acids is 1. The molecule has 3 aromatic heterocycles. The molecule has 0 unspecified atom stereocenters. The molecule has 0 radical (unpaired) electrons. The van der Waals surface area contributed by atoms with E-state index < -0.39 is 0 Å². The maximum Gasteiger partial charge on any atom is 0.289 e. The second-order valence-electron chi connectivity index (χ2n) is 8.32. The van der Waals surface area contributed by atoms with Crippen LogP contribution in [0, 0.1) is 0 Å². The van der Waals surface area contributed by atoms with Crippen molar-refractivity contribution in [2.24, 2.45) is 0 Å². The molecule has 7 nitrogen and oxygen atoms in total. The van der Waals surface area contributed by atoms with Crippen molar-refractivity contribution < 1.29 is 4.79 Å². The molecule has 2 N–H and O–H groups in total. The number of carbonyl (C=O) groups is 1. The highest BCUT2D eigenvalue weighted by atomic mass is 16.2. The number of pyridine rings is 1. The monoisotopic (exact) mass is 416 g/mol. The Bertz CT molecular complexity index is 1160. The predicted molar refractivity (Wildman–Crippen MR) is 121 cm³/mol. The highest BCUT2D eigenvalue weighted by molar-refractivity contribution is 5.94. The van der Waals surface area contributed by atoms with Crippen molar-refractivity contribution in [2.75, 3.05) is 6.54 Å². The first-order chi connectivity index (χ1) is 15.2. The quantitative estimate of drug-likeness (QED) is 0.501. The molecule has 1 aliphatic carbocycles. The lowest BCUT2D eigenvalue weighted by Crippen LogP contribution is -2.47. The highest BCUT2D eigenvalue weighted by Crippen LogP contribution is 2.25. The molecule has 1 fully saturated rings. The highest BCUT2D eigenvalue weighted by Gasteiger charge is 2.30. The molecule has 3 heterocycles. The number of nitrogens with one attached hydrogen (secondary N) is 2. The third kappa shape index (κ3) is 4.05. The first kappa shape index (κ1) is 19.8. The van der Waals surface area contributed by atoms with E-state index in [4.69, 9.17) is 0 Å². The molecule has 1 aliphatic rings. The van der Waals surface area contributed by atoms with Gasteiger partial charge in [0.25, 0.3) is 5.91 Å². The number of fused-ring (bicyclic) bond motifs is 2. The van der Waals surface area contributed by atoms with Crippen LogP contribution in [0.5, 0.6) is 0 Å². The Kier molecular flexibility index (Phi) is 5.42. The number of rotatable bonds is 6. The van der Waals surface area contributed by atoms with Crippen LogP contribution in [0.3, 0.4) is 0 Å². The summed E-state index contributed by atoms with van der Waals surface area (Å²) in [6, 6.07) is 12.6. The third-order valence-corrected chi connectivity index (χ3v) is 6.33. The summed E-state index contributed by atoms with van der Waals surface area (Å²) in [6.07, 6.45) is 10.2. The number of amides is 1. The van der Waals surface area contributed by atoms with Crippen LogP contribution >= 0.6 is 0 Å². The Morgan fingerprint density at radius 1 is 1.26 bits per heavy atom. The number of hydrogen-bond acceptors (Lipinski definition) is 4. The van der Waals surface area contributed by atoms with Crippen molar-refractivity contribution in [3.63, 3.8) is 0 Å². The minimum absolute atomic E-state index is 0.00471. The summed E-state index contributed by atoms with van der Waals surface area (Å²) >= 11 is 0. The minimum Gasteiger partial charge on any atom is -0.334 e. The van der Waals surface area contributed by atoms with Gasteiger partial charge in [0.05, 0.1) is 11.0 Å². The number of imidazole rings is 2. The first-order valence-corrected chi connectivity index (χ1v) is 11.1. The van der Waals surface area contributed by atoms with Gasteiger partial charge >= 0.3 is 0 Å². The van der Waals surface area contributed by atoms with Gasteiger partial charge in [-0.15, -0.1) is 0 Å². The van der Waals surface area contributed by atoms with Crippen LogP contribution in [-0.2, 0) is 6.54 Å². The van der Waals surface area contributed by atoms with E-state index in [2.05, 4.69) is 39.5 Å². The number of hydrogen-bond donors (Lipinski definition) is 2. The lowest BCUT2D eigenvalue weighted by molar-refractivity contribution is 0.0617. The molecular formula is C24H28N6O. The zero-order valence-electron chi connectivity index (χ0n) is 17.8. The van der Waals surface area contributed by atoms with E-state index in [1.54, 1.807) is 0 Å². The van der Waals surface area contributed by atoms with Crippen molar-refractivity contribution >= 4 is 22.6 Å². The summed E-state index contributed by atoms with van der Waals surface area (Å²) in [5.74, 6) is 0.432. The molecule has 5 rings (SSSR count). The molecule has 160 valence electrons. The van der Waals surface area contributed by atoms with Crippen molar-refractivity contribution in [1.82, 2.24) is 29.6 Å². The molecule has 1 amide bonds. The van der Waals surface area contributed by atoms with E-state index in [0.717, 1.165) is 48.9 Å². The molecule has 2 atom stereocenters. The molecule has 7 heteroatoms. The van der Waals surface area contributed by atoms with E-state index in [0.29, 0.717) is 18.4 Å². The van der Waals surface area contributed by atoms with Gasteiger partial charge in [-0.25, -0.2) is 9.97 Å². The Hall–Kier alpha value is -3.19. The van der Waals surface area contributed by atoms with Crippen LogP contribution in [0.4, 0.5) is 0 Å². The fraction of sp³-hybridized carbons (Fsp3) is 0.375. The third-order valence-electron chi connectivity index (χ3n) is 6.33. The second kappa shape index (κ2) is 8.51. The second-order valence-corrected chi connectivity index (χ2v) is 8.32. The predicted octanol–water partition coefficient (Wildman–Crippen LogP) is 3.77. The van der Waals surface area contributed by atoms with Gasteiger partial charge in [-0.05, 0) is 56.4 Å². The smallest absolute Gasteiger partial charge is 0.289 e. The number of H-pyrrole nitrogens is 1. The Morgan fingerprint density at radius 3 is 3.03 bits per heavy atom. The van der Waals surface area contributed by atoms with Crippen molar-refractivity contribution in [3.05, 3.63) is 66.4 Å². The van der Waals surface area contributed by atoms with Crippen LogP contribution in [-0.4, -0.2) is 48.8 Å². The van der Waals surface area contributed by atoms with Crippen LogP contribution in [0.2, 0.25) is 0 Å². The lowest BCUT2D eigenvalue weighted by Gasteiger charge is -2.37. The summed E-state index contributed by atoms with van der Waals surface area (Å²) in [7, 11) is 0. The summed E-state index contributed by atoms with van der Waals surface area (Å²) in [5, 5.41) is 3.71. The number of benzene rings is 1. The first-order valence-electron chi connectivity index (χ1n) is 11.1. The minimum atomic E-state index is -0.00471. The SMILES string of the molecule is CCN(C(=O)c1nc2ccccc2[nH]1)[C@H]1CCC[C@@H](NCc2ccc3nccn3c2)C1. The van der Waals surface area contributed by atoms with Crippen LogP contribution in [0.25, 0.3) is 16.7 Å². The van der Waals surface area contributed by atoms with Crippen LogP contribution < -0.4 is 5.32 Å². The number of aromatic amines is 1. The fourth-order valence-corrected chi connectivity index (χ4v) is 4.72. The fourth-order valence-electron chi connectivity index (χ4n) is 4.72. The number of aromatic nitrogens is 4. The van der Waals surface area contributed by atoms with Gasteiger partial charge in [-0.3, -0.25) is 4.79 Å². The van der Waals surface area contributed by atoms with E-state index in [9.17, 15) is 4.79 Å². The van der Waals surface area contributed by atoms with Gasteiger partial charge in [0.15, 0.2) is 5.82 Å². The van der Waals surface area contributed by atoms with Gasteiger partial charge in [-0.1, -0.05) is 18.2 Å². The van der Waals surface area contributed by atoms with E-state index in [1.807, 2.05) is 52.0 Å². The maximum absolute atomic E-state index is 13.2. The molecule has 0 saturated heterocycles. The maximum atomic E-state index is 13.2. The van der Waals surface area contributed by atoms with Crippen LogP contribution in [0.1, 0.15) is 48.8 Å². The molecule has 1 saturated carbocycles. The lowest BCUT2D eigenvalue weighted by atomic mass is 9.89. The molecule has 1 aromatic carbocycles. The average molecular weight is 417 g/mol.